The molecule has 0 saturated heterocycles. The monoisotopic (exact) mass is 273 g/mol. The van der Waals surface area contributed by atoms with Crippen LogP contribution in [0, 0.1) is 6.92 Å². The molecule has 21 heavy (non-hydrogen) atoms. The van der Waals surface area contributed by atoms with E-state index in [1.54, 1.807) is 0 Å². The lowest BCUT2D eigenvalue weighted by molar-refractivity contribution is 1.10. The minimum atomic E-state index is 1.18. The Morgan fingerprint density at radius 3 is 2.38 bits per heavy atom. The average Bonchev–Trinajstić information content (AvgIpc) is 2.82. The lowest BCUT2D eigenvalue weighted by Gasteiger charge is -2.09. The molecule has 1 aromatic heterocycles. The average molecular weight is 273 g/mol. The van der Waals surface area contributed by atoms with Gasteiger partial charge in [0.15, 0.2) is 0 Å². The Balaban J connectivity index is 2.42. The Labute approximate surface area is 125 Å². The number of benzene rings is 2. The summed E-state index contributed by atoms with van der Waals surface area (Å²) in [6.45, 7) is 8.15. The molecular weight excluding hydrogens is 254 g/mol. The minimum absolute atomic E-state index is 1.18. The predicted octanol–water partition coefficient (Wildman–Crippen LogP) is 5.62. The van der Waals surface area contributed by atoms with Gasteiger partial charge in [-0.15, -0.1) is 0 Å². The van der Waals surface area contributed by atoms with Crippen LogP contribution in [0.15, 0.2) is 61.2 Å². The Hall–Kier alpha value is -2.54. The van der Waals surface area contributed by atoms with Crippen LogP contribution in [0.2, 0.25) is 0 Å². The molecule has 0 fully saturated rings. The maximum atomic E-state index is 4.00. The molecule has 0 N–H and O–H groups in total. The largest absolute Gasteiger partial charge is 0.309 e. The third-order valence-electron chi connectivity index (χ3n) is 3.77. The standard InChI is InChI=1S/C20H19N/c1-4-8-19-17(5-2)18-9-6-7-10-20(18)21(19)16-13-11-15(3)12-14-16/h4-14H,2H2,1,3H3/b8-4-. The van der Waals surface area contributed by atoms with Crippen molar-refractivity contribution in [2.45, 2.75) is 13.8 Å². The third kappa shape index (κ3) is 2.21. The molecule has 0 unspecified atom stereocenters. The number of aryl methyl sites for hydroxylation is 1. The van der Waals surface area contributed by atoms with Crippen molar-refractivity contribution in [1.82, 2.24) is 4.57 Å². The Morgan fingerprint density at radius 1 is 1.00 bits per heavy atom. The van der Waals surface area contributed by atoms with E-state index in [2.05, 4.69) is 78.8 Å². The molecule has 0 atom stereocenters. The van der Waals surface area contributed by atoms with E-state index in [1.807, 2.05) is 13.0 Å². The van der Waals surface area contributed by atoms with E-state index in [4.69, 9.17) is 0 Å². The van der Waals surface area contributed by atoms with Gasteiger partial charge in [-0.25, -0.2) is 0 Å². The molecule has 0 radical (unpaired) electrons. The summed E-state index contributed by atoms with van der Waals surface area (Å²) in [5.74, 6) is 0. The smallest absolute Gasteiger partial charge is 0.0541 e. The fraction of sp³-hybridized carbons (Fsp3) is 0.100. The second-order valence-electron chi connectivity index (χ2n) is 5.19. The van der Waals surface area contributed by atoms with Crippen molar-refractivity contribution >= 4 is 23.1 Å². The maximum Gasteiger partial charge on any atom is 0.0541 e. The Kier molecular flexibility index (Phi) is 3.49. The summed E-state index contributed by atoms with van der Waals surface area (Å²) in [5, 5.41) is 1.24. The highest BCUT2D eigenvalue weighted by Crippen LogP contribution is 2.31. The minimum Gasteiger partial charge on any atom is -0.309 e. The second-order valence-corrected chi connectivity index (χ2v) is 5.19. The summed E-state index contributed by atoms with van der Waals surface area (Å²) in [7, 11) is 0. The predicted molar refractivity (Wildman–Crippen MR) is 92.8 cm³/mol. The quantitative estimate of drug-likeness (QED) is 0.584. The van der Waals surface area contributed by atoms with Gasteiger partial charge >= 0.3 is 0 Å². The van der Waals surface area contributed by atoms with E-state index in [-0.39, 0.29) is 0 Å². The van der Waals surface area contributed by atoms with Crippen LogP contribution in [-0.4, -0.2) is 4.57 Å². The normalized spacial score (nSPS) is 11.3. The number of allylic oxidation sites excluding steroid dienone is 1. The molecule has 104 valence electrons. The van der Waals surface area contributed by atoms with Crippen molar-refractivity contribution < 1.29 is 0 Å². The maximum absolute atomic E-state index is 4.00. The summed E-state index contributed by atoms with van der Waals surface area (Å²) in [6, 6.07) is 17.1. The topological polar surface area (TPSA) is 4.93 Å². The summed E-state index contributed by atoms with van der Waals surface area (Å²) >= 11 is 0. The van der Waals surface area contributed by atoms with Crippen molar-refractivity contribution in [2.24, 2.45) is 0 Å². The highest BCUT2D eigenvalue weighted by Gasteiger charge is 2.13. The van der Waals surface area contributed by atoms with Gasteiger partial charge in [0.05, 0.1) is 11.2 Å². The van der Waals surface area contributed by atoms with Crippen LogP contribution in [-0.2, 0) is 0 Å². The molecule has 0 saturated carbocycles. The van der Waals surface area contributed by atoms with Crippen LogP contribution < -0.4 is 0 Å². The Bertz CT molecular complexity index is 817. The molecule has 1 heteroatoms. The van der Waals surface area contributed by atoms with Crippen LogP contribution in [0.3, 0.4) is 0 Å². The fourth-order valence-corrected chi connectivity index (χ4v) is 2.79. The Morgan fingerprint density at radius 2 is 1.71 bits per heavy atom. The van der Waals surface area contributed by atoms with Gasteiger partial charge in [0.25, 0.3) is 0 Å². The molecule has 0 spiro atoms. The fourth-order valence-electron chi connectivity index (χ4n) is 2.79. The number of nitrogens with zero attached hydrogens (tertiary/aromatic N) is 1. The zero-order chi connectivity index (χ0) is 14.8. The molecule has 0 amide bonds. The van der Waals surface area contributed by atoms with Crippen molar-refractivity contribution in [3.05, 3.63) is 78.0 Å². The van der Waals surface area contributed by atoms with Gasteiger partial charge < -0.3 is 4.57 Å². The zero-order valence-electron chi connectivity index (χ0n) is 12.5. The summed E-state index contributed by atoms with van der Waals surface area (Å²) in [4.78, 5) is 0. The molecule has 1 nitrogen and oxygen atoms in total. The zero-order valence-corrected chi connectivity index (χ0v) is 12.5. The van der Waals surface area contributed by atoms with Crippen LogP contribution in [0.1, 0.15) is 23.7 Å². The number of hydrogen-bond acceptors (Lipinski definition) is 0. The van der Waals surface area contributed by atoms with E-state index in [9.17, 15) is 0 Å². The number of fused-ring (bicyclic) bond motifs is 1. The number of rotatable bonds is 3. The number of para-hydroxylation sites is 1. The van der Waals surface area contributed by atoms with Gasteiger partial charge in [-0.1, -0.05) is 54.6 Å². The molecule has 2 aromatic carbocycles. The van der Waals surface area contributed by atoms with E-state index in [0.717, 1.165) is 0 Å². The van der Waals surface area contributed by atoms with Crippen molar-refractivity contribution in [1.29, 1.82) is 0 Å². The van der Waals surface area contributed by atoms with Crippen molar-refractivity contribution in [3.63, 3.8) is 0 Å². The lowest BCUT2D eigenvalue weighted by atomic mass is 10.1. The molecular formula is C20H19N. The summed E-state index contributed by atoms with van der Waals surface area (Å²) < 4.78 is 2.30. The van der Waals surface area contributed by atoms with Gasteiger partial charge in [0.2, 0.25) is 0 Å². The first kappa shape index (κ1) is 13.4. The molecule has 1 heterocycles. The first-order valence-corrected chi connectivity index (χ1v) is 7.22. The van der Waals surface area contributed by atoms with Gasteiger partial charge in [-0.3, -0.25) is 0 Å². The van der Waals surface area contributed by atoms with Gasteiger partial charge in [0.1, 0.15) is 0 Å². The van der Waals surface area contributed by atoms with Crippen LogP contribution in [0.25, 0.3) is 28.7 Å². The van der Waals surface area contributed by atoms with Crippen LogP contribution in [0.5, 0.6) is 0 Å². The molecule has 0 aliphatic heterocycles. The highest BCUT2D eigenvalue weighted by atomic mass is 15.0. The van der Waals surface area contributed by atoms with E-state index in [0.29, 0.717) is 0 Å². The molecule has 3 aromatic rings. The third-order valence-corrected chi connectivity index (χ3v) is 3.77. The summed E-state index contributed by atoms with van der Waals surface area (Å²) in [5.41, 5.74) is 6.02. The SMILES string of the molecule is C=Cc1c(/C=C\C)n(-c2ccc(C)cc2)c2ccccc12. The van der Waals surface area contributed by atoms with Gasteiger partial charge in [-0.2, -0.15) is 0 Å². The van der Waals surface area contributed by atoms with E-state index < -0.39 is 0 Å². The highest BCUT2D eigenvalue weighted by molar-refractivity contribution is 5.95. The number of aromatic nitrogens is 1. The van der Waals surface area contributed by atoms with E-state index >= 15 is 0 Å². The van der Waals surface area contributed by atoms with Gasteiger partial charge in [0, 0.05) is 16.6 Å². The molecule has 3 rings (SSSR count). The van der Waals surface area contributed by atoms with E-state index in [1.165, 1.54) is 33.4 Å². The van der Waals surface area contributed by atoms with Crippen LogP contribution >= 0.6 is 0 Å². The first-order valence-electron chi connectivity index (χ1n) is 7.22. The van der Waals surface area contributed by atoms with Crippen molar-refractivity contribution in [3.8, 4) is 5.69 Å². The lowest BCUT2D eigenvalue weighted by Crippen LogP contribution is -1.96. The molecule has 0 bridgehead atoms. The summed E-state index contributed by atoms with van der Waals surface area (Å²) in [6.07, 6.45) is 6.17. The van der Waals surface area contributed by atoms with Crippen molar-refractivity contribution in [2.75, 3.05) is 0 Å². The first-order chi connectivity index (χ1) is 10.3. The molecule has 0 aliphatic carbocycles. The molecule has 0 aliphatic rings. The van der Waals surface area contributed by atoms with Crippen LogP contribution in [0.4, 0.5) is 0 Å². The van der Waals surface area contributed by atoms with Gasteiger partial charge in [-0.05, 0) is 38.1 Å². The number of hydrogen-bond donors (Lipinski definition) is 0. The second kappa shape index (κ2) is 5.45.